The van der Waals surface area contributed by atoms with Crippen LogP contribution in [0, 0.1) is 0 Å². The lowest BCUT2D eigenvalue weighted by Crippen LogP contribution is -2.40. The molecule has 0 saturated heterocycles. The topological polar surface area (TPSA) is 111 Å². The van der Waals surface area contributed by atoms with Crippen LogP contribution in [0.25, 0.3) is 0 Å². The lowest BCUT2D eigenvalue weighted by Gasteiger charge is -2.32. The summed E-state index contributed by atoms with van der Waals surface area (Å²) in [5.41, 5.74) is 1.15. The number of fused-ring (bicyclic) bond motifs is 1. The fourth-order valence-electron chi connectivity index (χ4n) is 4.01. The third-order valence-corrected chi connectivity index (χ3v) is 5.81. The molecule has 10 heteroatoms. The summed E-state index contributed by atoms with van der Waals surface area (Å²) >= 11 is 0. The molecule has 1 N–H and O–H groups in total. The Morgan fingerprint density at radius 1 is 0.811 bits per heavy atom. The maximum absolute atomic E-state index is 13.6. The molecular formula is C27H27NO9. The van der Waals surface area contributed by atoms with Crippen molar-refractivity contribution in [3.05, 3.63) is 65.7 Å². The molecular weight excluding hydrogens is 482 g/mol. The monoisotopic (exact) mass is 509 g/mol. The van der Waals surface area contributed by atoms with E-state index < -0.39 is 24.1 Å². The highest BCUT2D eigenvalue weighted by Crippen LogP contribution is 2.41. The minimum Gasteiger partial charge on any atom is -0.497 e. The SMILES string of the molecule is COc1cccc([C@@H]2Oc3ccc(OC)cc3C(=O)[C@@H]2OC(=O)Nc2cc(OC)c(OC)c(OC)c2)c1. The van der Waals surface area contributed by atoms with Crippen LogP contribution in [0.1, 0.15) is 22.0 Å². The van der Waals surface area contributed by atoms with Gasteiger partial charge in [-0.1, -0.05) is 12.1 Å². The molecule has 2 atom stereocenters. The number of amides is 1. The van der Waals surface area contributed by atoms with Gasteiger partial charge in [-0.2, -0.15) is 0 Å². The van der Waals surface area contributed by atoms with E-state index in [2.05, 4.69) is 5.32 Å². The first-order chi connectivity index (χ1) is 17.9. The Balaban J connectivity index is 1.66. The molecule has 3 aromatic rings. The summed E-state index contributed by atoms with van der Waals surface area (Å²) in [5, 5.41) is 2.62. The fraction of sp³-hybridized carbons (Fsp3) is 0.259. The van der Waals surface area contributed by atoms with Crippen molar-refractivity contribution in [3.8, 4) is 34.5 Å². The Kier molecular flexibility index (Phi) is 7.57. The molecule has 10 nitrogen and oxygen atoms in total. The number of hydrogen-bond acceptors (Lipinski definition) is 9. The molecule has 194 valence electrons. The number of Topliss-reactive ketones (excluding diaryl/α,β-unsaturated/α-hetero) is 1. The van der Waals surface area contributed by atoms with Crippen LogP contribution in [-0.2, 0) is 4.74 Å². The maximum atomic E-state index is 13.6. The molecule has 0 spiro atoms. The molecule has 1 aliphatic rings. The minimum atomic E-state index is -1.30. The summed E-state index contributed by atoms with van der Waals surface area (Å²) in [6, 6.07) is 15.0. The van der Waals surface area contributed by atoms with Crippen molar-refractivity contribution in [2.75, 3.05) is 40.9 Å². The molecule has 4 rings (SSSR count). The standard InChI is InChI=1S/C27H27NO9/c1-31-17-8-6-7-15(11-17)24-26(23(29)19-14-18(32-2)9-10-20(19)36-24)37-27(30)28-16-12-21(33-3)25(35-5)22(13-16)34-4/h6-14,24,26H,1-5H3,(H,28,30)/t24-,26-/m0/s1. The number of ketones is 1. The van der Waals surface area contributed by atoms with Gasteiger partial charge in [0.15, 0.2) is 17.6 Å². The zero-order chi connectivity index (χ0) is 26.5. The molecule has 0 aromatic heterocycles. The second-order valence-corrected chi connectivity index (χ2v) is 7.91. The minimum absolute atomic E-state index is 0.240. The Morgan fingerprint density at radius 2 is 1.49 bits per heavy atom. The number of benzene rings is 3. The molecule has 1 amide bonds. The van der Waals surface area contributed by atoms with Gasteiger partial charge in [0.05, 0.1) is 46.8 Å². The van der Waals surface area contributed by atoms with Gasteiger partial charge in [-0.05, 0) is 30.3 Å². The molecule has 0 unspecified atom stereocenters. The van der Waals surface area contributed by atoms with E-state index in [1.165, 1.54) is 35.5 Å². The molecule has 3 aromatic carbocycles. The third kappa shape index (κ3) is 5.18. The first kappa shape index (κ1) is 25.5. The zero-order valence-corrected chi connectivity index (χ0v) is 21.0. The first-order valence-corrected chi connectivity index (χ1v) is 11.2. The lowest BCUT2D eigenvalue weighted by molar-refractivity contribution is 0.0132. The number of nitrogens with one attached hydrogen (secondary N) is 1. The van der Waals surface area contributed by atoms with E-state index in [1.54, 1.807) is 54.6 Å². The van der Waals surface area contributed by atoms with Crippen LogP contribution in [0.15, 0.2) is 54.6 Å². The van der Waals surface area contributed by atoms with Crippen molar-refractivity contribution in [3.63, 3.8) is 0 Å². The second kappa shape index (κ2) is 11.0. The summed E-state index contributed by atoms with van der Waals surface area (Å²) in [4.78, 5) is 26.6. The zero-order valence-electron chi connectivity index (χ0n) is 21.0. The van der Waals surface area contributed by atoms with Gasteiger partial charge in [-0.25, -0.2) is 4.79 Å². The van der Waals surface area contributed by atoms with E-state index in [0.717, 1.165) is 0 Å². The Labute approximate surface area is 213 Å². The highest BCUT2D eigenvalue weighted by atomic mass is 16.6. The van der Waals surface area contributed by atoms with Gasteiger partial charge in [0.25, 0.3) is 0 Å². The highest BCUT2D eigenvalue weighted by molar-refractivity contribution is 6.05. The summed E-state index contributed by atoms with van der Waals surface area (Å²) in [6.45, 7) is 0. The van der Waals surface area contributed by atoms with E-state index >= 15 is 0 Å². The van der Waals surface area contributed by atoms with Crippen molar-refractivity contribution in [2.24, 2.45) is 0 Å². The maximum Gasteiger partial charge on any atom is 0.412 e. The highest BCUT2D eigenvalue weighted by Gasteiger charge is 2.41. The lowest BCUT2D eigenvalue weighted by atomic mass is 9.93. The van der Waals surface area contributed by atoms with Crippen LogP contribution in [0.2, 0.25) is 0 Å². The largest absolute Gasteiger partial charge is 0.497 e. The number of anilines is 1. The summed E-state index contributed by atoms with van der Waals surface area (Å²) in [6.07, 6.45) is -3.10. The van der Waals surface area contributed by atoms with Crippen molar-refractivity contribution >= 4 is 17.6 Å². The summed E-state index contributed by atoms with van der Waals surface area (Å²) < 4.78 is 38.4. The van der Waals surface area contributed by atoms with Crippen LogP contribution in [0.4, 0.5) is 10.5 Å². The first-order valence-electron chi connectivity index (χ1n) is 11.2. The Morgan fingerprint density at radius 3 is 2.11 bits per heavy atom. The molecule has 0 bridgehead atoms. The van der Waals surface area contributed by atoms with E-state index in [0.29, 0.717) is 45.7 Å². The van der Waals surface area contributed by atoms with Gasteiger partial charge in [-0.15, -0.1) is 0 Å². The van der Waals surface area contributed by atoms with Gasteiger partial charge in [0.1, 0.15) is 17.2 Å². The van der Waals surface area contributed by atoms with E-state index in [4.69, 9.17) is 33.2 Å². The quantitative estimate of drug-likeness (QED) is 0.463. The van der Waals surface area contributed by atoms with Gasteiger partial charge < -0.3 is 33.2 Å². The Hall–Kier alpha value is -4.60. The average molecular weight is 510 g/mol. The molecule has 0 radical (unpaired) electrons. The molecule has 37 heavy (non-hydrogen) atoms. The van der Waals surface area contributed by atoms with E-state index in [-0.39, 0.29) is 5.56 Å². The number of rotatable bonds is 8. The smallest absolute Gasteiger partial charge is 0.412 e. The van der Waals surface area contributed by atoms with Crippen LogP contribution >= 0.6 is 0 Å². The number of carbonyl (C=O) groups is 2. The number of methoxy groups -OCH3 is 5. The summed E-state index contributed by atoms with van der Waals surface area (Å²) in [5.74, 6) is 1.99. The van der Waals surface area contributed by atoms with Crippen molar-refractivity contribution in [1.82, 2.24) is 0 Å². The van der Waals surface area contributed by atoms with Gasteiger partial charge >= 0.3 is 6.09 Å². The number of hydrogen-bond donors (Lipinski definition) is 1. The van der Waals surface area contributed by atoms with Crippen LogP contribution in [0.3, 0.4) is 0 Å². The van der Waals surface area contributed by atoms with Gasteiger partial charge in [0, 0.05) is 17.7 Å². The molecule has 0 saturated carbocycles. The normalized spacial score (nSPS) is 16.1. The fourth-order valence-corrected chi connectivity index (χ4v) is 4.01. The summed E-state index contributed by atoms with van der Waals surface area (Å²) in [7, 11) is 7.42. The number of carbonyl (C=O) groups excluding carboxylic acids is 2. The van der Waals surface area contributed by atoms with Crippen molar-refractivity contribution in [1.29, 1.82) is 0 Å². The van der Waals surface area contributed by atoms with Crippen molar-refractivity contribution in [2.45, 2.75) is 12.2 Å². The predicted octanol–water partition coefficient (Wildman–Crippen LogP) is 4.66. The predicted molar refractivity (Wildman–Crippen MR) is 134 cm³/mol. The van der Waals surface area contributed by atoms with Gasteiger partial charge in [0.2, 0.25) is 17.6 Å². The van der Waals surface area contributed by atoms with Crippen molar-refractivity contribution < 1.29 is 42.7 Å². The number of ether oxygens (including phenoxy) is 7. The van der Waals surface area contributed by atoms with Crippen LogP contribution in [-0.4, -0.2) is 53.5 Å². The van der Waals surface area contributed by atoms with Crippen LogP contribution in [0.5, 0.6) is 34.5 Å². The average Bonchev–Trinajstić information content (AvgIpc) is 2.93. The van der Waals surface area contributed by atoms with Crippen LogP contribution < -0.4 is 33.7 Å². The molecule has 0 fully saturated rings. The molecule has 1 aliphatic heterocycles. The van der Waals surface area contributed by atoms with Gasteiger partial charge in [-0.3, -0.25) is 10.1 Å². The second-order valence-electron chi connectivity index (χ2n) is 7.91. The molecule has 0 aliphatic carbocycles. The third-order valence-electron chi connectivity index (χ3n) is 5.81. The Bertz CT molecular complexity index is 1280. The molecule has 1 heterocycles. The van der Waals surface area contributed by atoms with E-state index in [1.807, 2.05) is 0 Å². The van der Waals surface area contributed by atoms with E-state index in [9.17, 15) is 9.59 Å².